The Morgan fingerprint density at radius 1 is 1.23 bits per heavy atom. The van der Waals surface area contributed by atoms with Crippen LogP contribution in [0.3, 0.4) is 0 Å². The number of anilines is 1. The Bertz CT molecular complexity index is 806. The normalized spacial score (nSPS) is 15.3. The van der Waals surface area contributed by atoms with Gasteiger partial charge in [0.25, 0.3) is 5.91 Å². The van der Waals surface area contributed by atoms with Gasteiger partial charge in [0, 0.05) is 51.2 Å². The summed E-state index contributed by atoms with van der Waals surface area (Å²) >= 11 is 0. The van der Waals surface area contributed by atoms with Gasteiger partial charge in [-0.05, 0) is 36.4 Å². The summed E-state index contributed by atoms with van der Waals surface area (Å²) in [5.41, 5.74) is 1.22. The Hall–Kier alpha value is -2.55. The molecule has 30 heavy (non-hydrogen) atoms. The van der Waals surface area contributed by atoms with Crippen molar-refractivity contribution in [2.75, 3.05) is 45.7 Å². The van der Waals surface area contributed by atoms with Gasteiger partial charge in [0.1, 0.15) is 12.4 Å². The maximum atomic E-state index is 12.8. The second-order valence-corrected chi connectivity index (χ2v) is 6.76. The number of amides is 3. The van der Waals surface area contributed by atoms with Crippen molar-refractivity contribution in [3.8, 4) is 5.75 Å². The van der Waals surface area contributed by atoms with Crippen LogP contribution in [-0.4, -0.2) is 73.1 Å². The number of nitrogens with zero attached hydrogens (tertiary/aromatic N) is 3. The monoisotopic (exact) mass is 455 g/mol. The van der Waals surface area contributed by atoms with Crippen molar-refractivity contribution in [1.82, 2.24) is 20.1 Å². The summed E-state index contributed by atoms with van der Waals surface area (Å²) < 4.78 is 5.77. The number of hydrogen-bond donors (Lipinski definition) is 2. The van der Waals surface area contributed by atoms with Gasteiger partial charge in [0.15, 0.2) is 0 Å². The van der Waals surface area contributed by atoms with Crippen molar-refractivity contribution in [3.63, 3.8) is 0 Å². The molecule has 3 amide bonds. The standard InChI is InChI=1S/C20H25N5O3.2ClH/c1-24(2)19(26)15-5-7-16(8-6-15)23-20(27)25-11-10-22-12-17(25)14-28-18-4-3-9-21-13-18;;/h3-9,13,17,22H,10-12,14H2,1-2H3,(H,23,27);2*1H. The number of pyridine rings is 1. The first kappa shape index (κ1) is 25.5. The number of urea groups is 1. The molecule has 0 saturated carbocycles. The molecule has 1 aliphatic rings. The fourth-order valence-corrected chi connectivity index (χ4v) is 2.95. The zero-order valence-electron chi connectivity index (χ0n) is 16.9. The van der Waals surface area contributed by atoms with E-state index < -0.39 is 0 Å². The van der Waals surface area contributed by atoms with Gasteiger partial charge in [-0.15, -0.1) is 24.8 Å². The molecule has 1 unspecified atom stereocenters. The number of nitrogens with one attached hydrogen (secondary N) is 2. The molecular weight excluding hydrogens is 429 g/mol. The summed E-state index contributed by atoms with van der Waals surface area (Å²) in [4.78, 5) is 32.0. The van der Waals surface area contributed by atoms with Crippen molar-refractivity contribution < 1.29 is 14.3 Å². The molecule has 1 fully saturated rings. The summed E-state index contributed by atoms with van der Waals surface area (Å²) in [6.07, 6.45) is 3.34. The van der Waals surface area contributed by atoms with Crippen LogP contribution in [0.5, 0.6) is 5.75 Å². The van der Waals surface area contributed by atoms with Crippen molar-refractivity contribution in [1.29, 1.82) is 0 Å². The van der Waals surface area contributed by atoms with Gasteiger partial charge in [-0.3, -0.25) is 9.78 Å². The first-order valence-electron chi connectivity index (χ1n) is 9.17. The predicted molar refractivity (Wildman–Crippen MR) is 121 cm³/mol. The zero-order chi connectivity index (χ0) is 19.9. The maximum Gasteiger partial charge on any atom is 0.322 e. The van der Waals surface area contributed by atoms with Gasteiger partial charge in [0.05, 0.1) is 12.2 Å². The first-order valence-corrected chi connectivity index (χ1v) is 9.17. The van der Waals surface area contributed by atoms with Gasteiger partial charge >= 0.3 is 6.03 Å². The van der Waals surface area contributed by atoms with Crippen LogP contribution in [-0.2, 0) is 0 Å². The van der Waals surface area contributed by atoms with E-state index in [1.165, 1.54) is 4.90 Å². The molecule has 3 rings (SSSR count). The van der Waals surface area contributed by atoms with E-state index in [2.05, 4.69) is 15.6 Å². The molecule has 1 aliphatic heterocycles. The number of ether oxygens (including phenoxy) is 1. The topological polar surface area (TPSA) is 86.8 Å². The average Bonchev–Trinajstić information content (AvgIpc) is 2.73. The molecule has 1 atom stereocenters. The molecule has 0 bridgehead atoms. The lowest BCUT2D eigenvalue weighted by Gasteiger charge is -2.35. The number of benzene rings is 1. The Morgan fingerprint density at radius 2 is 1.97 bits per heavy atom. The van der Waals surface area contributed by atoms with E-state index in [-0.39, 0.29) is 42.8 Å². The van der Waals surface area contributed by atoms with Crippen LogP contribution in [0.1, 0.15) is 10.4 Å². The number of rotatable bonds is 5. The smallest absolute Gasteiger partial charge is 0.322 e. The lowest BCUT2D eigenvalue weighted by molar-refractivity contribution is 0.0827. The van der Waals surface area contributed by atoms with E-state index in [4.69, 9.17) is 4.74 Å². The highest BCUT2D eigenvalue weighted by atomic mass is 35.5. The Balaban J connectivity index is 0.00000225. The van der Waals surface area contributed by atoms with Crippen LogP contribution >= 0.6 is 24.8 Å². The Labute approximate surface area is 188 Å². The van der Waals surface area contributed by atoms with Crippen LogP contribution in [0.15, 0.2) is 48.8 Å². The third kappa shape index (κ3) is 6.76. The average molecular weight is 456 g/mol. The van der Waals surface area contributed by atoms with E-state index in [1.54, 1.807) is 55.7 Å². The summed E-state index contributed by atoms with van der Waals surface area (Å²) in [7, 11) is 3.41. The molecule has 2 N–H and O–H groups in total. The van der Waals surface area contributed by atoms with E-state index in [0.717, 1.165) is 6.54 Å². The van der Waals surface area contributed by atoms with E-state index in [1.807, 2.05) is 12.1 Å². The molecule has 1 aromatic heterocycles. The highest BCUT2D eigenvalue weighted by Crippen LogP contribution is 2.14. The van der Waals surface area contributed by atoms with E-state index >= 15 is 0 Å². The molecule has 2 aromatic rings. The molecular formula is C20H27Cl2N5O3. The molecule has 0 radical (unpaired) electrons. The molecule has 164 valence electrons. The quantitative estimate of drug-likeness (QED) is 0.722. The predicted octanol–water partition coefficient (Wildman–Crippen LogP) is 2.51. The zero-order valence-corrected chi connectivity index (χ0v) is 18.5. The van der Waals surface area contributed by atoms with Crippen molar-refractivity contribution in [2.24, 2.45) is 0 Å². The van der Waals surface area contributed by atoms with E-state index in [0.29, 0.717) is 36.7 Å². The number of piperazine rings is 1. The van der Waals surface area contributed by atoms with Crippen molar-refractivity contribution in [2.45, 2.75) is 6.04 Å². The maximum absolute atomic E-state index is 12.8. The minimum Gasteiger partial charge on any atom is -0.490 e. The molecule has 1 saturated heterocycles. The summed E-state index contributed by atoms with van der Waals surface area (Å²) in [5, 5.41) is 6.19. The second-order valence-electron chi connectivity index (χ2n) is 6.76. The second kappa shape index (κ2) is 12.2. The summed E-state index contributed by atoms with van der Waals surface area (Å²) in [6.45, 7) is 2.35. The number of aromatic nitrogens is 1. The third-order valence-corrected chi connectivity index (χ3v) is 4.48. The first-order chi connectivity index (χ1) is 13.5. The van der Waals surface area contributed by atoms with Gasteiger partial charge in [-0.2, -0.15) is 0 Å². The largest absolute Gasteiger partial charge is 0.490 e. The summed E-state index contributed by atoms with van der Waals surface area (Å²) in [6, 6.07) is 10.2. The highest BCUT2D eigenvalue weighted by molar-refractivity contribution is 5.95. The molecule has 10 heteroatoms. The van der Waals surface area contributed by atoms with Crippen LogP contribution in [0.2, 0.25) is 0 Å². The molecule has 8 nitrogen and oxygen atoms in total. The molecule has 2 heterocycles. The summed E-state index contributed by atoms with van der Waals surface area (Å²) in [5.74, 6) is 0.599. The lowest BCUT2D eigenvalue weighted by Crippen LogP contribution is -2.57. The number of carbonyl (C=O) groups excluding carboxylic acids is 2. The number of halogens is 2. The van der Waals surface area contributed by atoms with Crippen LogP contribution in [0.4, 0.5) is 10.5 Å². The van der Waals surface area contributed by atoms with E-state index in [9.17, 15) is 9.59 Å². The highest BCUT2D eigenvalue weighted by Gasteiger charge is 2.27. The SMILES string of the molecule is CN(C)C(=O)c1ccc(NC(=O)N2CCNCC2COc2cccnc2)cc1.Cl.Cl. The fourth-order valence-electron chi connectivity index (χ4n) is 2.95. The van der Waals surface area contributed by atoms with Gasteiger partial charge in [-0.1, -0.05) is 0 Å². The number of hydrogen-bond acceptors (Lipinski definition) is 5. The third-order valence-electron chi connectivity index (χ3n) is 4.48. The van der Waals surface area contributed by atoms with Crippen LogP contribution in [0, 0.1) is 0 Å². The number of carbonyl (C=O) groups is 2. The van der Waals surface area contributed by atoms with Crippen LogP contribution < -0.4 is 15.4 Å². The molecule has 0 aliphatic carbocycles. The Morgan fingerprint density at radius 3 is 2.60 bits per heavy atom. The van der Waals surface area contributed by atoms with Gasteiger partial charge in [0.2, 0.25) is 0 Å². The molecule has 0 spiro atoms. The van der Waals surface area contributed by atoms with Gasteiger partial charge in [-0.25, -0.2) is 4.79 Å². The Kier molecular flexibility index (Phi) is 10.4. The van der Waals surface area contributed by atoms with Crippen molar-refractivity contribution in [3.05, 3.63) is 54.4 Å². The fraction of sp³-hybridized carbons (Fsp3) is 0.350. The van der Waals surface area contributed by atoms with Gasteiger partial charge < -0.3 is 25.2 Å². The lowest BCUT2D eigenvalue weighted by atomic mass is 10.2. The van der Waals surface area contributed by atoms with Crippen LogP contribution in [0.25, 0.3) is 0 Å². The molecule has 1 aromatic carbocycles. The minimum absolute atomic E-state index is 0. The minimum atomic E-state index is -0.187. The van der Waals surface area contributed by atoms with Crippen molar-refractivity contribution >= 4 is 42.4 Å².